The number of hydrogen-bond donors (Lipinski definition) is 2. The van der Waals surface area contributed by atoms with Crippen molar-refractivity contribution in [3.05, 3.63) is 11.6 Å². The number of carbonyl (C=O) groups excluding carboxylic acids is 2. The zero-order chi connectivity index (χ0) is 19.4. The first-order valence-electron chi connectivity index (χ1n) is 10.1. The molecule has 150 valence electrons. The number of rotatable bonds is 6. The highest BCUT2D eigenvalue weighted by molar-refractivity contribution is 5.81. The van der Waals surface area contributed by atoms with Crippen LogP contribution in [0.1, 0.15) is 63.6 Å². The fraction of sp³-hybridized carbons (Fsp3) is 0.789. The predicted molar refractivity (Wildman–Crippen MR) is 99.7 cm³/mol. The van der Waals surface area contributed by atoms with E-state index < -0.39 is 0 Å². The van der Waals surface area contributed by atoms with E-state index in [-0.39, 0.29) is 35.7 Å². The van der Waals surface area contributed by atoms with Crippen molar-refractivity contribution < 1.29 is 14.3 Å². The third kappa shape index (κ3) is 4.48. The molecule has 0 unspecified atom stereocenters. The van der Waals surface area contributed by atoms with E-state index in [0.717, 1.165) is 31.5 Å². The van der Waals surface area contributed by atoms with Crippen LogP contribution in [-0.4, -0.2) is 57.7 Å². The molecular formula is C19H31N5O3. The Kier molecular flexibility index (Phi) is 6.46. The van der Waals surface area contributed by atoms with Crippen LogP contribution in [0.5, 0.6) is 0 Å². The summed E-state index contributed by atoms with van der Waals surface area (Å²) in [6.45, 7) is 7.73. The summed E-state index contributed by atoms with van der Waals surface area (Å²) in [6.07, 6.45) is 3.80. The first-order valence-corrected chi connectivity index (χ1v) is 10.1. The van der Waals surface area contributed by atoms with Gasteiger partial charge >= 0.3 is 0 Å². The summed E-state index contributed by atoms with van der Waals surface area (Å²) in [4.78, 5) is 32.0. The Bertz CT molecular complexity index is 652. The molecule has 2 aliphatic rings. The highest BCUT2D eigenvalue weighted by atomic mass is 16.5. The number of nitrogens with zero attached hydrogens (tertiary/aromatic N) is 3. The molecule has 3 heterocycles. The Hall–Kier alpha value is -1.96. The number of hydrogen-bond acceptors (Lipinski definition) is 5. The summed E-state index contributed by atoms with van der Waals surface area (Å²) in [6, 6.07) is -0.259. The average Bonchev–Trinajstić information content (AvgIpc) is 3.29. The molecule has 0 spiro atoms. The highest BCUT2D eigenvalue weighted by Gasteiger charge is 2.41. The fourth-order valence-corrected chi connectivity index (χ4v) is 4.09. The van der Waals surface area contributed by atoms with E-state index in [9.17, 15) is 9.59 Å². The van der Waals surface area contributed by atoms with Gasteiger partial charge in [-0.15, -0.1) is 0 Å². The molecule has 0 aliphatic carbocycles. The highest BCUT2D eigenvalue weighted by Crippen LogP contribution is 2.33. The van der Waals surface area contributed by atoms with Gasteiger partial charge in [0, 0.05) is 37.6 Å². The Morgan fingerprint density at radius 3 is 2.59 bits per heavy atom. The summed E-state index contributed by atoms with van der Waals surface area (Å²) in [5, 5.41) is 10.3. The molecule has 2 N–H and O–H groups in total. The van der Waals surface area contributed by atoms with Crippen LogP contribution in [0.3, 0.4) is 0 Å². The van der Waals surface area contributed by atoms with Crippen LogP contribution in [0.4, 0.5) is 0 Å². The summed E-state index contributed by atoms with van der Waals surface area (Å²) in [7, 11) is 0. The van der Waals surface area contributed by atoms with Crippen molar-refractivity contribution in [1.29, 1.82) is 0 Å². The monoisotopic (exact) mass is 377 g/mol. The maximum absolute atomic E-state index is 13.1. The first kappa shape index (κ1) is 19.8. The van der Waals surface area contributed by atoms with Gasteiger partial charge in [0.05, 0.1) is 6.04 Å². The van der Waals surface area contributed by atoms with E-state index in [1.165, 1.54) is 0 Å². The van der Waals surface area contributed by atoms with Crippen molar-refractivity contribution in [3.8, 4) is 0 Å². The number of nitrogens with one attached hydrogen (secondary N) is 2. The summed E-state index contributed by atoms with van der Waals surface area (Å²) in [5.41, 5.74) is 0. The SMILES string of the molecule is CCC(CC)C(=O)N1C[C@@H](NC(=O)C2CCOCC2)C[C@H]1c1n[nH]c(C)n1. The van der Waals surface area contributed by atoms with Crippen LogP contribution >= 0.6 is 0 Å². The minimum Gasteiger partial charge on any atom is -0.381 e. The third-order valence-electron chi connectivity index (χ3n) is 5.77. The molecule has 8 nitrogen and oxygen atoms in total. The molecule has 0 aromatic carbocycles. The Morgan fingerprint density at radius 2 is 2.00 bits per heavy atom. The van der Waals surface area contributed by atoms with E-state index in [4.69, 9.17) is 4.74 Å². The molecular weight excluding hydrogens is 346 g/mol. The smallest absolute Gasteiger partial charge is 0.226 e. The normalized spacial score (nSPS) is 23.8. The molecule has 2 saturated heterocycles. The largest absolute Gasteiger partial charge is 0.381 e. The maximum atomic E-state index is 13.1. The lowest BCUT2D eigenvalue weighted by Gasteiger charge is -2.26. The summed E-state index contributed by atoms with van der Waals surface area (Å²) in [5.74, 6) is 1.58. The van der Waals surface area contributed by atoms with Crippen molar-refractivity contribution in [3.63, 3.8) is 0 Å². The molecule has 1 aromatic heterocycles. The van der Waals surface area contributed by atoms with Gasteiger partial charge in [-0.25, -0.2) is 4.98 Å². The molecule has 0 bridgehead atoms. The number of H-pyrrole nitrogens is 1. The molecule has 0 radical (unpaired) electrons. The fourth-order valence-electron chi connectivity index (χ4n) is 4.09. The lowest BCUT2D eigenvalue weighted by Crippen LogP contribution is -2.43. The molecule has 2 aliphatic heterocycles. The molecule has 2 atom stereocenters. The van der Waals surface area contributed by atoms with Crippen LogP contribution in [0.2, 0.25) is 0 Å². The number of amides is 2. The van der Waals surface area contributed by atoms with Gasteiger partial charge in [0.25, 0.3) is 0 Å². The van der Waals surface area contributed by atoms with Gasteiger partial charge in [-0.05, 0) is 39.0 Å². The first-order chi connectivity index (χ1) is 13.0. The quantitative estimate of drug-likeness (QED) is 0.786. The van der Waals surface area contributed by atoms with Crippen molar-refractivity contribution in [2.45, 2.75) is 65.0 Å². The van der Waals surface area contributed by atoms with Gasteiger partial charge in [0.15, 0.2) is 5.82 Å². The number of likely N-dealkylation sites (tertiary alicyclic amines) is 1. The minimum absolute atomic E-state index is 0.00233. The molecule has 2 fully saturated rings. The van der Waals surface area contributed by atoms with Gasteiger partial charge in [-0.3, -0.25) is 14.7 Å². The number of carbonyl (C=O) groups is 2. The Morgan fingerprint density at radius 1 is 1.30 bits per heavy atom. The third-order valence-corrected chi connectivity index (χ3v) is 5.77. The van der Waals surface area contributed by atoms with E-state index in [1.807, 2.05) is 25.7 Å². The Labute approximate surface area is 160 Å². The second kappa shape index (κ2) is 8.82. The Balaban J connectivity index is 1.72. The van der Waals surface area contributed by atoms with Gasteiger partial charge < -0.3 is 15.0 Å². The number of aryl methyl sites for hydroxylation is 1. The molecule has 3 rings (SSSR count). The van der Waals surface area contributed by atoms with E-state index >= 15 is 0 Å². The maximum Gasteiger partial charge on any atom is 0.226 e. The molecule has 27 heavy (non-hydrogen) atoms. The van der Waals surface area contributed by atoms with Crippen molar-refractivity contribution in [2.75, 3.05) is 19.8 Å². The summed E-state index contributed by atoms with van der Waals surface area (Å²) < 4.78 is 5.34. The second-order valence-electron chi connectivity index (χ2n) is 7.63. The topological polar surface area (TPSA) is 100 Å². The lowest BCUT2D eigenvalue weighted by molar-refractivity contribution is -0.137. The van der Waals surface area contributed by atoms with Crippen LogP contribution in [0.15, 0.2) is 0 Å². The van der Waals surface area contributed by atoms with Gasteiger partial charge in [0.1, 0.15) is 5.82 Å². The molecule has 1 aromatic rings. The van der Waals surface area contributed by atoms with E-state index in [0.29, 0.717) is 32.0 Å². The van der Waals surface area contributed by atoms with Crippen LogP contribution < -0.4 is 5.32 Å². The van der Waals surface area contributed by atoms with E-state index in [1.54, 1.807) is 0 Å². The second-order valence-corrected chi connectivity index (χ2v) is 7.63. The van der Waals surface area contributed by atoms with Gasteiger partial charge in [-0.2, -0.15) is 5.10 Å². The van der Waals surface area contributed by atoms with Crippen molar-refractivity contribution >= 4 is 11.8 Å². The minimum atomic E-state index is -0.192. The molecule has 8 heteroatoms. The zero-order valence-corrected chi connectivity index (χ0v) is 16.5. The van der Waals surface area contributed by atoms with Gasteiger partial charge in [-0.1, -0.05) is 13.8 Å². The molecule has 2 amide bonds. The predicted octanol–water partition coefficient (Wildman–Crippen LogP) is 1.73. The van der Waals surface area contributed by atoms with Crippen LogP contribution in [0, 0.1) is 18.8 Å². The molecule has 0 saturated carbocycles. The number of aromatic nitrogens is 3. The summed E-state index contributed by atoms with van der Waals surface area (Å²) >= 11 is 0. The average molecular weight is 377 g/mol. The zero-order valence-electron chi connectivity index (χ0n) is 16.5. The lowest BCUT2D eigenvalue weighted by atomic mass is 9.99. The van der Waals surface area contributed by atoms with Gasteiger partial charge in [0.2, 0.25) is 11.8 Å². The number of ether oxygens (including phenoxy) is 1. The van der Waals surface area contributed by atoms with Crippen LogP contribution in [-0.2, 0) is 14.3 Å². The van der Waals surface area contributed by atoms with E-state index in [2.05, 4.69) is 20.5 Å². The van der Waals surface area contributed by atoms with Crippen LogP contribution in [0.25, 0.3) is 0 Å². The standard InChI is InChI=1S/C19H31N5O3/c1-4-13(5-2)19(26)24-11-15(10-16(24)17-20-12(3)22-23-17)21-18(25)14-6-8-27-9-7-14/h13-16H,4-11H2,1-3H3,(H,21,25)(H,20,22,23)/t15-,16-/m0/s1. The van der Waals surface area contributed by atoms with Crippen molar-refractivity contribution in [2.24, 2.45) is 11.8 Å². The van der Waals surface area contributed by atoms with Crippen molar-refractivity contribution in [1.82, 2.24) is 25.4 Å². The number of aromatic amines is 1.